The fourth-order valence-electron chi connectivity index (χ4n) is 2.66. The quantitative estimate of drug-likeness (QED) is 0.680. The van der Waals surface area contributed by atoms with Crippen molar-refractivity contribution in [1.29, 1.82) is 0 Å². The second kappa shape index (κ2) is 8.98. The Morgan fingerprint density at radius 1 is 1.35 bits per heavy atom. The lowest BCUT2D eigenvalue weighted by Gasteiger charge is -2.31. The lowest BCUT2D eigenvalue weighted by Crippen LogP contribution is -2.38. The number of aromatic nitrogens is 2. The molecule has 0 N–H and O–H groups in total. The minimum Gasteiger partial charge on any atom is -0.382 e. The van der Waals surface area contributed by atoms with Crippen molar-refractivity contribution in [1.82, 2.24) is 15.0 Å². The van der Waals surface area contributed by atoms with Gasteiger partial charge < -0.3 is 18.9 Å². The highest BCUT2D eigenvalue weighted by molar-refractivity contribution is 5.76. The van der Waals surface area contributed by atoms with E-state index in [-0.39, 0.29) is 11.8 Å². The highest BCUT2D eigenvalue weighted by atomic mass is 16.5. The number of carbonyl (C=O) groups is 1. The van der Waals surface area contributed by atoms with Crippen LogP contribution in [0.5, 0.6) is 0 Å². The van der Waals surface area contributed by atoms with Crippen molar-refractivity contribution in [3.63, 3.8) is 0 Å². The summed E-state index contributed by atoms with van der Waals surface area (Å²) in [5, 5.41) is 4.06. The lowest BCUT2D eigenvalue weighted by atomic mass is 9.95. The Morgan fingerprint density at radius 3 is 2.74 bits per heavy atom. The van der Waals surface area contributed by atoms with Crippen molar-refractivity contribution in [2.24, 2.45) is 5.92 Å². The zero-order valence-corrected chi connectivity index (χ0v) is 14.3. The number of likely N-dealkylation sites (tertiary alicyclic amines) is 1. The predicted molar refractivity (Wildman–Crippen MR) is 83.8 cm³/mol. The number of rotatable bonds is 8. The zero-order valence-electron chi connectivity index (χ0n) is 14.3. The van der Waals surface area contributed by atoms with Crippen LogP contribution in [-0.2, 0) is 20.9 Å². The molecule has 0 aromatic carbocycles. The van der Waals surface area contributed by atoms with Gasteiger partial charge in [0, 0.05) is 32.5 Å². The van der Waals surface area contributed by atoms with E-state index in [0.717, 1.165) is 31.8 Å². The average Bonchev–Trinajstić information content (AvgIpc) is 3.00. The summed E-state index contributed by atoms with van der Waals surface area (Å²) in [5.41, 5.74) is 0. The highest BCUT2D eigenvalue weighted by Gasteiger charge is 2.27. The SMILES string of the molecule is COCCOCc1nc(C2CCN(C(=O)CC(C)C)CC2)no1. The van der Waals surface area contributed by atoms with E-state index < -0.39 is 0 Å². The summed E-state index contributed by atoms with van der Waals surface area (Å²) < 4.78 is 15.5. The molecule has 0 atom stereocenters. The second-order valence-corrected chi connectivity index (χ2v) is 6.34. The Labute approximate surface area is 137 Å². The summed E-state index contributed by atoms with van der Waals surface area (Å²) in [4.78, 5) is 18.4. The number of piperidine rings is 1. The fraction of sp³-hybridized carbons (Fsp3) is 0.812. The maximum atomic E-state index is 12.1. The summed E-state index contributed by atoms with van der Waals surface area (Å²) in [7, 11) is 1.63. The van der Waals surface area contributed by atoms with E-state index in [9.17, 15) is 4.79 Å². The van der Waals surface area contributed by atoms with Crippen LogP contribution in [0.15, 0.2) is 4.52 Å². The topological polar surface area (TPSA) is 77.7 Å². The minimum absolute atomic E-state index is 0.249. The van der Waals surface area contributed by atoms with Crippen LogP contribution in [-0.4, -0.2) is 54.4 Å². The molecule has 2 heterocycles. The van der Waals surface area contributed by atoms with Crippen LogP contribution >= 0.6 is 0 Å². The molecule has 1 amide bonds. The van der Waals surface area contributed by atoms with Crippen molar-refractivity contribution in [2.45, 2.75) is 45.6 Å². The number of ether oxygens (including phenoxy) is 2. The van der Waals surface area contributed by atoms with Gasteiger partial charge in [-0.05, 0) is 18.8 Å². The molecule has 0 spiro atoms. The van der Waals surface area contributed by atoms with Crippen LogP contribution in [0.25, 0.3) is 0 Å². The number of nitrogens with zero attached hydrogens (tertiary/aromatic N) is 3. The zero-order chi connectivity index (χ0) is 16.7. The standard InChI is InChI=1S/C16H27N3O4/c1-12(2)10-15(20)19-6-4-13(5-7-19)16-17-14(23-18-16)11-22-9-8-21-3/h12-13H,4-11H2,1-3H3. The third kappa shape index (κ3) is 5.58. The van der Waals surface area contributed by atoms with Gasteiger partial charge in [0.05, 0.1) is 13.2 Å². The largest absolute Gasteiger partial charge is 0.382 e. The maximum absolute atomic E-state index is 12.1. The normalized spacial score (nSPS) is 16.3. The Morgan fingerprint density at radius 2 is 2.09 bits per heavy atom. The van der Waals surface area contributed by atoms with Gasteiger partial charge in [-0.25, -0.2) is 0 Å². The van der Waals surface area contributed by atoms with Gasteiger partial charge in [0.15, 0.2) is 5.82 Å². The molecule has 7 nitrogen and oxygen atoms in total. The number of hydrogen-bond acceptors (Lipinski definition) is 6. The average molecular weight is 325 g/mol. The molecule has 0 saturated carbocycles. The van der Waals surface area contributed by atoms with Crippen molar-refractivity contribution >= 4 is 5.91 Å². The Bertz CT molecular complexity index is 481. The van der Waals surface area contributed by atoms with Gasteiger partial charge in [0.2, 0.25) is 5.91 Å². The van der Waals surface area contributed by atoms with Crippen LogP contribution in [0.4, 0.5) is 0 Å². The molecule has 0 radical (unpaired) electrons. The van der Waals surface area contributed by atoms with Gasteiger partial charge in [-0.1, -0.05) is 19.0 Å². The van der Waals surface area contributed by atoms with E-state index in [1.807, 2.05) is 4.90 Å². The van der Waals surface area contributed by atoms with Crippen LogP contribution < -0.4 is 0 Å². The second-order valence-electron chi connectivity index (χ2n) is 6.34. The maximum Gasteiger partial charge on any atom is 0.252 e. The van der Waals surface area contributed by atoms with Crippen molar-refractivity contribution < 1.29 is 18.8 Å². The van der Waals surface area contributed by atoms with E-state index in [1.54, 1.807) is 7.11 Å². The molecule has 1 fully saturated rings. The van der Waals surface area contributed by atoms with E-state index in [4.69, 9.17) is 14.0 Å². The highest BCUT2D eigenvalue weighted by Crippen LogP contribution is 2.26. The molecule has 1 aliphatic heterocycles. The molecule has 1 aromatic heterocycles. The smallest absolute Gasteiger partial charge is 0.252 e. The first kappa shape index (κ1) is 17.9. The van der Waals surface area contributed by atoms with Crippen molar-refractivity contribution in [2.75, 3.05) is 33.4 Å². The molecule has 23 heavy (non-hydrogen) atoms. The molecule has 1 aromatic rings. The Balaban J connectivity index is 1.77. The third-order valence-corrected chi connectivity index (χ3v) is 3.94. The Kier molecular flexibility index (Phi) is 6.98. The van der Waals surface area contributed by atoms with Gasteiger partial charge >= 0.3 is 0 Å². The summed E-state index contributed by atoms with van der Waals surface area (Å²) in [5.74, 6) is 2.13. The van der Waals surface area contributed by atoms with Gasteiger partial charge in [-0.3, -0.25) is 4.79 Å². The first-order valence-corrected chi connectivity index (χ1v) is 8.27. The molecular weight excluding hydrogens is 298 g/mol. The minimum atomic E-state index is 0.249. The van der Waals surface area contributed by atoms with Gasteiger partial charge in [0.1, 0.15) is 6.61 Å². The molecule has 2 rings (SSSR count). The molecule has 1 saturated heterocycles. The van der Waals surface area contributed by atoms with Crippen LogP contribution in [0, 0.1) is 5.92 Å². The molecule has 1 aliphatic rings. The molecule has 0 aliphatic carbocycles. The number of carbonyl (C=O) groups excluding carboxylic acids is 1. The number of hydrogen-bond donors (Lipinski definition) is 0. The first-order valence-electron chi connectivity index (χ1n) is 8.27. The van der Waals surface area contributed by atoms with E-state index in [1.165, 1.54) is 0 Å². The van der Waals surface area contributed by atoms with Crippen LogP contribution in [0.2, 0.25) is 0 Å². The van der Waals surface area contributed by atoms with E-state index in [2.05, 4.69) is 24.0 Å². The monoisotopic (exact) mass is 325 g/mol. The summed E-state index contributed by atoms with van der Waals surface area (Å²) in [6.45, 7) is 7.03. The molecule has 130 valence electrons. The molecular formula is C16H27N3O4. The van der Waals surface area contributed by atoms with Gasteiger partial charge in [-0.2, -0.15) is 4.98 Å². The fourth-order valence-corrected chi connectivity index (χ4v) is 2.66. The van der Waals surface area contributed by atoms with Crippen LogP contribution in [0.3, 0.4) is 0 Å². The summed E-state index contributed by atoms with van der Waals surface area (Å²) in [6, 6.07) is 0. The number of methoxy groups -OCH3 is 1. The lowest BCUT2D eigenvalue weighted by molar-refractivity contribution is -0.133. The van der Waals surface area contributed by atoms with Crippen LogP contribution in [0.1, 0.15) is 50.7 Å². The molecule has 0 unspecified atom stereocenters. The van der Waals surface area contributed by atoms with Crippen molar-refractivity contribution in [3.8, 4) is 0 Å². The molecule has 7 heteroatoms. The third-order valence-electron chi connectivity index (χ3n) is 3.94. The summed E-state index contributed by atoms with van der Waals surface area (Å²) >= 11 is 0. The predicted octanol–water partition coefficient (Wildman–Crippen LogP) is 1.98. The number of amides is 1. The summed E-state index contributed by atoms with van der Waals surface area (Å²) in [6.07, 6.45) is 2.39. The Hall–Kier alpha value is -1.47. The molecule has 0 bridgehead atoms. The van der Waals surface area contributed by atoms with Gasteiger partial charge in [-0.15, -0.1) is 0 Å². The van der Waals surface area contributed by atoms with E-state index >= 15 is 0 Å². The van der Waals surface area contributed by atoms with Crippen molar-refractivity contribution in [3.05, 3.63) is 11.7 Å². The van der Waals surface area contributed by atoms with Gasteiger partial charge in [0.25, 0.3) is 5.89 Å². The van der Waals surface area contributed by atoms with E-state index in [0.29, 0.717) is 38.1 Å². The first-order chi connectivity index (χ1) is 11.1.